The Morgan fingerprint density at radius 1 is 1.13 bits per heavy atom. The predicted octanol–water partition coefficient (Wildman–Crippen LogP) is 3.09. The number of carbonyl (C=O) groups excluding carboxylic acids is 1. The normalized spacial score (nSPS) is 10.6. The number of rotatable bonds is 8. The van der Waals surface area contributed by atoms with Gasteiger partial charge in [0.1, 0.15) is 11.4 Å². The Hall–Kier alpha value is -3.19. The lowest BCUT2D eigenvalue weighted by Crippen LogP contribution is -2.27. The molecule has 1 aromatic heterocycles. The molecule has 3 aromatic rings. The second kappa shape index (κ2) is 10.0. The van der Waals surface area contributed by atoms with Crippen LogP contribution in [0.3, 0.4) is 0 Å². The van der Waals surface area contributed by atoms with Gasteiger partial charge in [-0.2, -0.15) is 0 Å². The summed E-state index contributed by atoms with van der Waals surface area (Å²) in [5, 5.41) is 11.5. The van der Waals surface area contributed by atoms with Crippen molar-refractivity contribution in [2.24, 2.45) is 0 Å². The summed E-state index contributed by atoms with van der Waals surface area (Å²) in [7, 11) is 1.62. The number of amides is 1. The molecule has 0 saturated carbocycles. The van der Waals surface area contributed by atoms with Gasteiger partial charge in [0, 0.05) is 30.0 Å². The van der Waals surface area contributed by atoms with Gasteiger partial charge < -0.3 is 15.0 Å². The first kappa shape index (κ1) is 21.5. The topological polar surface area (TPSA) is 97.0 Å². The summed E-state index contributed by atoms with van der Waals surface area (Å²) < 4.78 is 5.12. The molecule has 7 nitrogen and oxygen atoms in total. The number of ether oxygens (including phenoxy) is 1. The van der Waals surface area contributed by atoms with Crippen LogP contribution in [0, 0.1) is 6.92 Å². The van der Waals surface area contributed by atoms with Gasteiger partial charge in [-0.15, -0.1) is 10.2 Å². The van der Waals surface area contributed by atoms with Crippen molar-refractivity contribution < 1.29 is 9.53 Å². The van der Waals surface area contributed by atoms with Crippen molar-refractivity contribution in [2.45, 2.75) is 26.2 Å². The number of carbonyl (C=O) groups is 1. The van der Waals surface area contributed by atoms with E-state index in [1.165, 1.54) is 0 Å². The maximum absolute atomic E-state index is 12.3. The maximum Gasteiger partial charge on any atom is 0.273 e. The standard InChI is InChI=1S/C22H23ClN4O3/c1-14-3-6-16(13-18(14)23)21-25-22(29)19(26-27-21)9-10-20(28)24-12-11-15-4-7-17(30-2)8-5-15/h3-8,13H,9-12H2,1-2H3,(H,24,28)(H,25,27,29). The van der Waals surface area contributed by atoms with Gasteiger partial charge >= 0.3 is 0 Å². The fraction of sp³-hybridized carbons (Fsp3) is 0.273. The lowest BCUT2D eigenvalue weighted by Gasteiger charge is -2.06. The molecule has 0 saturated heterocycles. The van der Waals surface area contributed by atoms with Crippen LogP contribution < -0.4 is 15.6 Å². The van der Waals surface area contributed by atoms with Crippen molar-refractivity contribution in [3.63, 3.8) is 0 Å². The van der Waals surface area contributed by atoms with E-state index in [9.17, 15) is 9.59 Å². The summed E-state index contributed by atoms with van der Waals surface area (Å²) in [5.41, 5.74) is 2.58. The van der Waals surface area contributed by atoms with Gasteiger partial charge in [0.2, 0.25) is 5.91 Å². The molecule has 0 aliphatic heterocycles. The van der Waals surface area contributed by atoms with Crippen LogP contribution in [0.25, 0.3) is 11.4 Å². The molecule has 2 aromatic carbocycles. The Bertz CT molecular complexity index is 1080. The number of nitrogens with one attached hydrogen (secondary N) is 2. The molecule has 0 aliphatic rings. The minimum Gasteiger partial charge on any atom is -0.497 e. The lowest BCUT2D eigenvalue weighted by atomic mass is 10.1. The van der Waals surface area contributed by atoms with E-state index in [0.717, 1.165) is 16.9 Å². The third-order valence-corrected chi connectivity index (χ3v) is 5.10. The molecule has 0 aliphatic carbocycles. The van der Waals surface area contributed by atoms with Gasteiger partial charge in [0.15, 0.2) is 5.82 Å². The number of methoxy groups -OCH3 is 1. The van der Waals surface area contributed by atoms with Crippen LogP contribution in [0.15, 0.2) is 47.3 Å². The molecule has 0 fully saturated rings. The smallest absolute Gasteiger partial charge is 0.273 e. The molecule has 1 heterocycles. The summed E-state index contributed by atoms with van der Waals surface area (Å²) in [6, 6.07) is 13.1. The Morgan fingerprint density at radius 3 is 2.57 bits per heavy atom. The summed E-state index contributed by atoms with van der Waals surface area (Å²) in [4.78, 5) is 27.1. The first-order valence-electron chi connectivity index (χ1n) is 9.58. The van der Waals surface area contributed by atoms with Crippen LogP contribution in [-0.4, -0.2) is 34.7 Å². The number of H-pyrrole nitrogens is 1. The SMILES string of the molecule is COc1ccc(CCNC(=O)CCc2nnc(-c3ccc(C)c(Cl)c3)[nH]c2=O)cc1. The van der Waals surface area contributed by atoms with Gasteiger partial charge in [-0.1, -0.05) is 35.9 Å². The minimum absolute atomic E-state index is 0.140. The third-order valence-electron chi connectivity index (χ3n) is 4.69. The van der Waals surface area contributed by atoms with Gasteiger partial charge in [-0.25, -0.2) is 0 Å². The largest absolute Gasteiger partial charge is 0.497 e. The Balaban J connectivity index is 1.50. The van der Waals surface area contributed by atoms with Crippen LogP contribution in [0.1, 0.15) is 23.2 Å². The van der Waals surface area contributed by atoms with Crippen LogP contribution in [0.5, 0.6) is 5.75 Å². The molecular formula is C22H23ClN4O3. The maximum atomic E-state index is 12.3. The highest BCUT2D eigenvalue weighted by Crippen LogP contribution is 2.21. The van der Waals surface area contributed by atoms with E-state index in [-0.39, 0.29) is 30.0 Å². The van der Waals surface area contributed by atoms with E-state index in [1.807, 2.05) is 43.3 Å². The van der Waals surface area contributed by atoms with Crippen molar-refractivity contribution in [2.75, 3.05) is 13.7 Å². The Kier molecular flexibility index (Phi) is 7.19. The van der Waals surface area contributed by atoms with Crippen LogP contribution in [0.2, 0.25) is 5.02 Å². The van der Waals surface area contributed by atoms with Crippen molar-refractivity contribution in [1.82, 2.24) is 20.5 Å². The highest BCUT2D eigenvalue weighted by atomic mass is 35.5. The summed E-state index contributed by atoms with van der Waals surface area (Å²) in [6.45, 7) is 2.41. The van der Waals surface area contributed by atoms with Crippen molar-refractivity contribution in [1.29, 1.82) is 0 Å². The van der Waals surface area contributed by atoms with Crippen molar-refractivity contribution in [3.8, 4) is 17.1 Å². The van der Waals surface area contributed by atoms with E-state index in [1.54, 1.807) is 13.2 Å². The molecule has 2 N–H and O–H groups in total. The van der Waals surface area contributed by atoms with Crippen molar-refractivity contribution in [3.05, 3.63) is 74.7 Å². The number of nitrogens with zero attached hydrogens (tertiary/aromatic N) is 2. The van der Waals surface area contributed by atoms with E-state index in [0.29, 0.717) is 29.4 Å². The van der Waals surface area contributed by atoms with Gasteiger partial charge in [0.25, 0.3) is 5.56 Å². The molecule has 156 valence electrons. The molecule has 0 atom stereocenters. The molecular weight excluding hydrogens is 404 g/mol. The van der Waals surface area contributed by atoms with Crippen LogP contribution in [-0.2, 0) is 17.6 Å². The monoisotopic (exact) mass is 426 g/mol. The molecule has 8 heteroatoms. The minimum atomic E-state index is -0.359. The average molecular weight is 427 g/mol. The predicted molar refractivity (Wildman–Crippen MR) is 116 cm³/mol. The number of hydrogen-bond donors (Lipinski definition) is 2. The number of aromatic amines is 1. The molecule has 0 radical (unpaired) electrons. The van der Waals surface area contributed by atoms with Gasteiger partial charge in [-0.05, 0) is 42.7 Å². The fourth-order valence-electron chi connectivity index (χ4n) is 2.85. The molecule has 0 bridgehead atoms. The van der Waals surface area contributed by atoms with Gasteiger partial charge in [-0.3, -0.25) is 9.59 Å². The number of aryl methyl sites for hydroxylation is 2. The first-order valence-corrected chi connectivity index (χ1v) is 9.96. The quantitative estimate of drug-likeness (QED) is 0.577. The summed E-state index contributed by atoms with van der Waals surface area (Å²) in [6.07, 6.45) is 1.09. The summed E-state index contributed by atoms with van der Waals surface area (Å²) >= 11 is 6.12. The fourth-order valence-corrected chi connectivity index (χ4v) is 3.03. The Morgan fingerprint density at radius 2 is 1.90 bits per heavy atom. The number of halogens is 1. The molecule has 30 heavy (non-hydrogen) atoms. The van der Waals surface area contributed by atoms with Crippen LogP contribution in [0.4, 0.5) is 0 Å². The van der Waals surface area contributed by atoms with E-state index in [2.05, 4.69) is 20.5 Å². The lowest BCUT2D eigenvalue weighted by molar-refractivity contribution is -0.121. The third kappa shape index (κ3) is 5.67. The van der Waals surface area contributed by atoms with E-state index >= 15 is 0 Å². The number of benzene rings is 2. The first-order chi connectivity index (χ1) is 14.5. The molecule has 0 spiro atoms. The van der Waals surface area contributed by atoms with E-state index < -0.39 is 0 Å². The van der Waals surface area contributed by atoms with Crippen LogP contribution >= 0.6 is 11.6 Å². The second-order valence-electron chi connectivity index (χ2n) is 6.86. The molecule has 1 amide bonds. The zero-order valence-electron chi connectivity index (χ0n) is 16.9. The summed E-state index contributed by atoms with van der Waals surface area (Å²) in [5.74, 6) is 0.999. The van der Waals surface area contributed by atoms with E-state index in [4.69, 9.17) is 16.3 Å². The molecule has 3 rings (SSSR count). The van der Waals surface area contributed by atoms with Gasteiger partial charge in [0.05, 0.1) is 7.11 Å². The number of aromatic nitrogens is 3. The average Bonchev–Trinajstić information content (AvgIpc) is 2.75. The zero-order valence-corrected chi connectivity index (χ0v) is 17.6. The highest BCUT2D eigenvalue weighted by molar-refractivity contribution is 6.31. The highest BCUT2D eigenvalue weighted by Gasteiger charge is 2.10. The zero-order chi connectivity index (χ0) is 21.5. The second-order valence-corrected chi connectivity index (χ2v) is 7.27. The number of hydrogen-bond acceptors (Lipinski definition) is 5. The van der Waals surface area contributed by atoms with Crippen molar-refractivity contribution >= 4 is 17.5 Å². The Labute approximate surface area is 179 Å². The molecule has 0 unspecified atom stereocenters.